The molecular formula is C13H21N2O4PS. The summed E-state index contributed by atoms with van der Waals surface area (Å²) >= 11 is 5.08. The van der Waals surface area contributed by atoms with Crippen LogP contribution in [0.2, 0.25) is 0 Å². The van der Waals surface area contributed by atoms with E-state index in [0.29, 0.717) is 12.0 Å². The molecule has 0 aliphatic carbocycles. The lowest BCUT2D eigenvalue weighted by Crippen LogP contribution is -2.31. The zero-order valence-corrected chi connectivity index (χ0v) is 13.8. The molecular weight excluding hydrogens is 311 g/mol. The topological polar surface area (TPSA) is 98.3 Å². The Hall–Kier alpha value is -0.720. The number of rotatable bonds is 4. The van der Waals surface area contributed by atoms with Crippen molar-refractivity contribution in [2.45, 2.75) is 30.8 Å². The Kier molecular flexibility index (Phi) is 4.90. The van der Waals surface area contributed by atoms with Crippen LogP contribution in [-0.2, 0) is 4.74 Å². The largest absolute Gasteiger partial charge is 0.388 e. The number of aliphatic hydroxyl groups excluding tert-OH is 2. The summed E-state index contributed by atoms with van der Waals surface area (Å²) in [6.07, 6.45) is 3.82. The molecule has 4 N–H and O–H groups in total. The summed E-state index contributed by atoms with van der Waals surface area (Å²) in [5.41, 5.74) is 0.0549. The third kappa shape index (κ3) is 3.93. The predicted octanol–water partition coefficient (Wildman–Crippen LogP) is 0.693. The van der Waals surface area contributed by atoms with Gasteiger partial charge in [0.2, 0.25) is 0 Å². The van der Waals surface area contributed by atoms with Crippen LogP contribution in [0.25, 0.3) is 0 Å². The number of H-pyrrole nitrogens is 2. The lowest BCUT2D eigenvalue weighted by atomic mass is 10.0. The minimum atomic E-state index is -1.22. The molecule has 1 fully saturated rings. The van der Waals surface area contributed by atoms with Crippen molar-refractivity contribution in [3.63, 3.8) is 0 Å². The van der Waals surface area contributed by atoms with Crippen molar-refractivity contribution in [1.29, 1.82) is 0 Å². The molecule has 21 heavy (non-hydrogen) atoms. The first kappa shape index (κ1) is 16.6. The van der Waals surface area contributed by atoms with E-state index in [1.165, 1.54) is 6.20 Å². The van der Waals surface area contributed by atoms with Crippen LogP contribution >= 0.6 is 19.1 Å². The molecule has 4 atom stereocenters. The van der Waals surface area contributed by atoms with Gasteiger partial charge in [0.25, 0.3) is 0 Å². The molecule has 1 saturated heterocycles. The van der Waals surface area contributed by atoms with Crippen molar-refractivity contribution in [3.05, 3.63) is 26.9 Å². The molecule has 1 aromatic rings. The molecule has 0 unspecified atom stereocenters. The number of nitrogens with one attached hydrogen (secondary N) is 2. The van der Waals surface area contributed by atoms with Crippen LogP contribution in [0.1, 0.15) is 18.1 Å². The van der Waals surface area contributed by atoms with Crippen LogP contribution in [0.15, 0.2) is 11.0 Å². The van der Waals surface area contributed by atoms with Crippen LogP contribution in [0.5, 0.6) is 0 Å². The van der Waals surface area contributed by atoms with Gasteiger partial charge in [-0.2, -0.15) is 0 Å². The van der Waals surface area contributed by atoms with E-state index in [2.05, 4.69) is 29.6 Å². The standard InChI is InChI=1S/C13H21N2O4PS/c1-20(2,3)5-4-8-9(16)10(17)11(19-8)7-6-14-13(18)15-12(7)21/h6,8-11,16-17H,1,4-5H2,2-3H3,(H2,14,15,18,21)/t8-,9-,10-,11+/m1/s1. The van der Waals surface area contributed by atoms with Crippen molar-refractivity contribution < 1.29 is 14.9 Å². The highest BCUT2D eigenvalue weighted by molar-refractivity contribution is 7.72. The van der Waals surface area contributed by atoms with E-state index < -0.39 is 37.0 Å². The Labute approximate surface area is 128 Å². The van der Waals surface area contributed by atoms with Crippen molar-refractivity contribution >= 4 is 25.4 Å². The molecule has 0 radical (unpaired) electrons. The Morgan fingerprint density at radius 2 is 2.10 bits per heavy atom. The van der Waals surface area contributed by atoms with E-state index in [-0.39, 0.29) is 4.64 Å². The summed E-state index contributed by atoms with van der Waals surface area (Å²) in [5, 5.41) is 20.3. The van der Waals surface area contributed by atoms with Gasteiger partial charge in [-0.3, -0.25) is 4.98 Å². The Bertz CT molecular complexity index is 665. The summed E-state index contributed by atoms with van der Waals surface area (Å²) < 4.78 is 5.98. The SMILES string of the molecule is C=P(C)(C)CC[C@H]1O[C@@H](c2c[nH]c(=O)[nH]c2=S)[C@H](O)[C@@H]1O. The first-order valence-electron chi connectivity index (χ1n) is 6.70. The number of hydrogen-bond donors (Lipinski definition) is 4. The number of hydrogen-bond acceptors (Lipinski definition) is 5. The van der Waals surface area contributed by atoms with Gasteiger partial charge in [-0.15, -0.1) is 13.2 Å². The molecule has 1 aliphatic heterocycles. The monoisotopic (exact) mass is 332 g/mol. The van der Waals surface area contributed by atoms with Crippen molar-refractivity contribution in [2.24, 2.45) is 0 Å². The second-order valence-corrected chi connectivity index (χ2v) is 10.8. The van der Waals surface area contributed by atoms with Gasteiger partial charge in [-0.05, 0) is 25.9 Å². The summed E-state index contributed by atoms with van der Waals surface area (Å²) in [5.74, 6) is 0. The van der Waals surface area contributed by atoms with Crippen molar-refractivity contribution in [1.82, 2.24) is 9.97 Å². The van der Waals surface area contributed by atoms with E-state index in [4.69, 9.17) is 17.0 Å². The quantitative estimate of drug-likeness (QED) is 0.480. The Morgan fingerprint density at radius 1 is 1.43 bits per heavy atom. The summed E-state index contributed by atoms with van der Waals surface area (Å²) in [4.78, 5) is 16.1. The highest BCUT2D eigenvalue weighted by atomic mass is 32.1. The van der Waals surface area contributed by atoms with Crippen molar-refractivity contribution in [3.8, 4) is 0 Å². The normalized spacial score (nSPS) is 29.7. The van der Waals surface area contributed by atoms with Gasteiger partial charge >= 0.3 is 5.69 Å². The second kappa shape index (κ2) is 6.18. The number of ether oxygens (including phenoxy) is 1. The van der Waals surface area contributed by atoms with Gasteiger partial charge in [0.05, 0.1) is 6.10 Å². The molecule has 2 heterocycles. The highest BCUT2D eigenvalue weighted by Gasteiger charge is 2.43. The molecule has 118 valence electrons. The second-order valence-electron chi connectivity index (χ2n) is 6.05. The van der Waals surface area contributed by atoms with Crippen LogP contribution in [-0.4, -0.2) is 64.3 Å². The average molecular weight is 332 g/mol. The van der Waals surface area contributed by atoms with E-state index in [1.807, 2.05) is 0 Å². The van der Waals surface area contributed by atoms with Crippen LogP contribution in [0, 0.1) is 4.64 Å². The van der Waals surface area contributed by atoms with Gasteiger partial charge in [-0.1, -0.05) is 12.2 Å². The zero-order valence-electron chi connectivity index (χ0n) is 12.1. The van der Waals surface area contributed by atoms with Crippen LogP contribution < -0.4 is 5.69 Å². The first-order valence-corrected chi connectivity index (χ1v) is 10.2. The fraction of sp³-hybridized carbons (Fsp3) is 0.615. The van der Waals surface area contributed by atoms with Gasteiger partial charge in [0.1, 0.15) is 23.0 Å². The van der Waals surface area contributed by atoms with Gasteiger partial charge < -0.3 is 19.9 Å². The van der Waals surface area contributed by atoms with Gasteiger partial charge in [0.15, 0.2) is 0 Å². The van der Waals surface area contributed by atoms with E-state index in [1.54, 1.807) is 0 Å². The molecule has 0 spiro atoms. The van der Waals surface area contributed by atoms with Gasteiger partial charge in [0, 0.05) is 11.8 Å². The summed E-state index contributed by atoms with van der Waals surface area (Å²) in [6.45, 7) is 3.00. The Balaban J connectivity index is 2.18. The number of aliphatic hydroxyl groups is 2. The fourth-order valence-corrected chi connectivity index (χ4v) is 3.57. The molecule has 1 aliphatic rings. The lowest BCUT2D eigenvalue weighted by molar-refractivity contribution is 0.00544. The third-order valence-electron chi connectivity index (χ3n) is 3.54. The van der Waals surface area contributed by atoms with Crippen molar-refractivity contribution in [2.75, 3.05) is 19.5 Å². The molecule has 2 rings (SSSR count). The maximum atomic E-state index is 11.1. The molecule has 8 heteroatoms. The number of aromatic amines is 2. The first-order chi connectivity index (χ1) is 9.69. The minimum Gasteiger partial charge on any atom is -0.388 e. The molecule has 0 amide bonds. The molecule has 0 saturated carbocycles. The van der Waals surface area contributed by atoms with E-state index in [0.717, 1.165) is 6.16 Å². The molecule has 6 nitrogen and oxygen atoms in total. The summed E-state index contributed by atoms with van der Waals surface area (Å²) in [6, 6.07) is 0. The van der Waals surface area contributed by atoms with Crippen LogP contribution in [0.4, 0.5) is 0 Å². The molecule has 0 bridgehead atoms. The third-order valence-corrected chi connectivity index (χ3v) is 5.34. The number of aromatic nitrogens is 2. The lowest BCUT2D eigenvalue weighted by Gasteiger charge is -2.18. The summed E-state index contributed by atoms with van der Waals surface area (Å²) in [7, 11) is 0. The average Bonchev–Trinajstić information content (AvgIpc) is 2.64. The highest BCUT2D eigenvalue weighted by Crippen LogP contribution is 2.40. The maximum absolute atomic E-state index is 11.1. The maximum Gasteiger partial charge on any atom is 0.323 e. The smallest absolute Gasteiger partial charge is 0.323 e. The molecule has 1 aromatic heterocycles. The van der Waals surface area contributed by atoms with E-state index in [9.17, 15) is 15.0 Å². The van der Waals surface area contributed by atoms with Crippen LogP contribution in [0.3, 0.4) is 0 Å². The van der Waals surface area contributed by atoms with Gasteiger partial charge in [-0.25, -0.2) is 4.79 Å². The zero-order chi connectivity index (χ0) is 15.8. The Morgan fingerprint density at radius 3 is 2.67 bits per heavy atom. The predicted molar refractivity (Wildman–Crippen MR) is 87.2 cm³/mol. The fourth-order valence-electron chi connectivity index (χ4n) is 2.35. The molecule has 0 aromatic carbocycles. The van der Waals surface area contributed by atoms with E-state index >= 15 is 0 Å². The minimum absolute atomic E-state index is 0.209.